The molecule has 0 aliphatic rings. The second-order valence-corrected chi connectivity index (χ2v) is 9.09. The van der Waals surface area contributed by atoms with Crippen molar-refractivity contribution >= 4 is 0 Å². The lowest BCUT2D eigenvalue weighted by molar-refractivity contribution is 0.182. The van der Waals surface area contributed by atoms with Crippen molar-refractivity contribution in [3.8, 4) is 23.0 Å². The summed E-state index contributed by atoms with van der Waals surface area (Å²) in [7, 11) is 0. The first-order valence-electron chi connectivity index (χ1n) is 12.0. The van der Waals surface area contributed by atoms with E-state index in [2.05, 4.69) is 9.80 Å². The largest absolute Gasteiger partial charge is 0.508 e. The minimum atomic E-state index is 0.248. The van der Waals surface area contributed by atoms with E-state index in [1.807, 2.05) is 48.5 Å². The molecule has 4 N–H and O–H groups in total. The molecule has 0 aliphatic heterocycles. The molecule has 0 bridgehead atoms. The van der Waals surface area contributed by atoms with Gasteiger partial charge in [-0.25, -0.2) is 0 Å². The van der Waals surface area contributed by atoms with Gasteiger partial charge in [0.2, 0.25) is 0 Å². The van der Waals surface area contributed by atoms with Crippen LogP contribution in [0.25, 0.3) is 0 Å². The lowest BCUT2D eigenvalue weighted by Gasteiger charge is -2.28. The van der Waals surface area contributed by atoms with Gasteiger partial charge in [0.05, 0.1) is 0 Å². The Labute approximate surface area is 211 Å². The molecule has 36 heavy (non-hydrogen) atoms. The number of rotatable bonds is 11. The van der Waals surface area contributed by atoms with E-state index in [1.54, 1.807) is 48.5 Å². The Morgan fingerprint density at radius 3 is 0.722 bits per heavy atom. The van der Waals surface area contributed by atoms with Crippen LogP contribution in [0.4, 0.5) is 0 Å². The van der Waals surface area contributed by atoms with Crippen LogP contribution in [-0.4, -0.2) is 43.3 Å². The van der Waals surface area contributed by atoms with E-state index in [1.165, 1.54) is 0 Å². The predicted octanol–water partition coefficient (Wildman–Crippen LogP) is 5.21. The summed E-state index contributed by atoms with van der Waals surface area (Å²) < 4.78 is 0. The van der Waals surface area contributed by atoms with E-state index in [4.69, 9.17) is 0 Å². The summed E-state index contributed by atoms with van der Waals surface area (Å²) in [6, 6.07) is 29.1. The standard InChI is InChI=1S/C30H32N2O4/c33-27-9-1-23(2-10-27)19-31(20-24-3-11-28(34)12-4-24)17-18-32(21-25-5-13-29(35)14-6-25)22-26-7-15-30(36)16-8-26/h1-16,33-36H,17-22H2. The second kappa shape index (κ2) is 12.1. The van der Waals surface area contributed by atoms with Gasteiger partial charge in [-0.15, -0.1) is 0 Å². The molecule has 0 amide bonds. The number of hydrogen-bond donors (Lipinski definition) is 4. The summed E-state index contributed by atoms with van der Waals surface area (Å²) in [6.07, 6.45) is 0. The van der Waals surface area contributed by atoms with Gasteiger partial charge in [0.1, 0.15) is 23.0 Å². The lowest BCUT2D eigenvalue weighted by Crippen LogP contribution is -2.34. The Balaban J connectivity index is 1.50. The number of nitrogens with zero attached hydrogens (tertiary/aromatic N) is 2. The zero-order valence-corrected chi connectivity index (χ0v) is 20.2. The van der Waals surface area contributed by atoms with Gasteiger partial charge in [-0.3, -0.25) is 9.80 Å². The van der Waals surface area contributed by atoms with Crippen molar-refractivity contribution in [2.75, 3.05) is 13.1 Å². The first-order chi connectivity index (χ1) is 17.4. The molecule has 0 radical (unpaired) electrons. The molecule has 0 aliphatic carbocycles. The van der Waals surface area contributed by atoms with Crippen LogP contribution in [0.2, 0.25) is 0 Å². The molecule has 0 atom stereocenters. The maximum atomic E-state index is 9.67. The second-order valence-electron chi connectivity index (χ2n) is 9.09. The van der Waals surface area contributed by atoms with Crippen LogP contribution < -0.4 is 0 Å². The van der Waals surface area contributed by atoms with Crippen molar-refractivity contribution in [1.82, 2.24) is 9.80 Å². The van der Waals surface area contributed by atoms with Crippen LogP contribution >= 0.6 is 0 Å². The summed E-state index contributed by atoms with van der Waals surface area (Å²) in [6.45, 7) is 4.44. The molecule has 0 fully saturated rings. The summed E-state index contributed by atoms with van der Waals surface area (Å²) in [5, 5.41) is 38.7. The van der Waals surface area contributed by atoms with Crippen LogP contribution in [0, 0.1) is 0 Å². The van der Waals surface area contributed by atoms with E-state index in [0.29, 0.717) is 26.2 Å². The summed E-state index contributed by atoms with van der Waals surface area (Å²) >= 11 is 0. The van der Waals surface area contributed by atoms with Gasteiger partial charge in [0.15, 0.2) is 0 Å². The molecule has 0 unspecified atom stereocenters. The molecule has 0 saturated heterocycles. The van der Waals surface area contributed by atoms with Crippen molar-refractivity contribution in [3.63, 3.8) is 0 Å². The fourth-order valence-corrected chi connectivity index (χ4v) is 4.15. The highest BCUT2D eigenvalue weighted by Gasteiger charge is 2.13. The van der Waals surface area contributed by atoms with Crippen molar-refractivity contribution < 1.29 is 20.4 Å². The normalized spacial score (nSPS) is 11.3. The van der Waals surface area contributed by atoms with Crippen LogP contribution in [0.1, 0.15) is 22.3 Å². The third kappa shape index (κ3) is 7.77. The van der Waals surface area contributed by atoms with E-state index in [-0.39, 0.29) is 23.0 Å². The fraction of sp³-hybridized carbons (Fsp3) is 0.200. The van der Waals surface area contributed by atoms with Gasteiger partial charge in [-0.1, -0.05) is 48.5 Å². The molecule has 0 heterocycles. The number of phenolic OH excluding ortho intramolecular Hbond substituents is 4. The molecule has 186 valence electrons. The van der Waals surface area contributed by atoms with Gasteiger partial charge in [0, 0.05) is 39.3 Å². The molecule has 4 aromatic carbocycles. The SMILES string of the molecule is Oc1ccc(CN(CCN(Cc2ccc(O)cc2)Cc2ccc(O)cc2)Cc2ccc(O)cc2)cc1. The van der Waals surface area contributed by atoms with E-state index in [0.717, 1.165) is 35.3 Å². The Hall–Kier alpha value is -4.00. The van der Waals surface area contributed by atoms with E-state index >= 15 is 0 Å². The van der Waals surface area contributed by atoms with Crippen LogP contribution in [0.5, 0.6) is 23.0 Å². The smallest absolute Gasteiger partial charge is 0.115 e. The molecule has 6 nitrogen and oxygen atoms in total. The van der Waals surface area contributed by atoms with Crippen LogP contribution in [0.15, 0.2) is 97.1 Å². The maximum absolute atomic E-state index is 9.67. The minimum absolute atomic E-state index is 0.248. The van der Waals surface area contributed by atoms with E-state index in [9.17, 15) is 20.4 Å². The Morgan fingerprint density at radius 1 is 0.333 bits per heavy atom. The highest BCUT2D eigenvalue weighted by Crippen LogP contribution is 2.18. The quantitative estimate of drug-likeness (QED) is 0.234. The summed E-state index contributed by atoms with van der Waals surface area (Å²) in [5.74, 6) is 0.992. The molecule has 0 spiro atoms. The van der Waals surface area contributed by atoms with E-state index < -0.39 is 0 Å². The first-order valence-corrected chi connectivity index (χ1v) is 12.0. The van der Waals surface area contributed by atoms with Crippen molar-refractivity contribution in [3.05, 3.63) is 119 Å². The van der Waals surface area contributed by atoms with Crippen LogP contribution in [0.3, 0.4) is 0 Å². The number of benzene rings is 4. The Kier molecular flexibility index (Phi) is 8.44. The number of hydrogen-bond acceptors (Lipinski definition) is 6. The maximum Gasteiger partial charge on any atom is 0.115 e. The van der Waals surface area contributed by atoms with Gasteiger partial charge in [-0.05, 0) is 70.8 Å². The molecule has 0 saturated carbocycles. The van der Waals surface area contributed by atoms with Crippen molar-refractivity contribution in [2.24, 2.45) is 0 Å². The van der Waals surface area contributed by atoms with Crippen molar-refractivity contribution in [1.29, 1.82) is 0 Å². The van der Waals surface area contributed by atoms with Crippen LogP contribution in [-0.2, 0) is 26.2 Å². The predicted molar refractivity (Wildman–Crippen MR) is 141 cm³/mol. The number of aromatic hydroxyl groups is 4. The monoisotopic (exact) mass is 484 g/mol. The lowest BCUT2D eigenvalue weighted by atomic mass is 10.1. The average molecular weight is 485 g/mol. The molecule has 4 aromatic rings. The van der Waals surface area contributed by atoms with Crippen molar-refractivity contribution in [2.45, 2.75) is 26.2 Å². The van der Waals surface area contributed by atoms with Gasteiger partial charge in [-0.2, -0.15) is 0 Å². The molecular formula is C30H32N2O4. The zero-order chi connectivity index (χ0) is 25.3. The molecule has 0 aromatic heterocycles. The number of phenols is 4. The highest BCUT2D eigenvalue weighted by molar-refractivity contribution is 5.29. The molecule has 6 heteroatoms. The minimum Gasteiger partial charge on any atom is -0.508 e. The van der Waals surface area contributed by atoms with Gasteiger partial charge < -0.3 is 20.4 Å². The fourth-order valence-electron chi connectivity index (χ4n) is 4.15. The van der Waals surface area contributed by atoms with Gasteiger partial charge in [0.25, 0.3) is 0 Å². The average Bonchev–Trinajstić information content (AvgIpc) is 2.88. The molecule has 4 rings (SSSR count). The third-order valence-corrected chi connectivity index (χ3v) is 6.10. The summed E-state index contributed by atoms with van der Waals surface area (Å²) in [5.41, 5.74) is 4.43. The Morgan fingerprint density at radius 2 is 0.528 bits per heavy atom. The first kappa shape index (κ1) is 25.1. The summed E-state index contributed by atoms with van der Waals surface area (Å²) in [4.78, 5) is 4.69. The van der Waals surface area contributed by atoms with Gasteiger partial charge >= 0.3 is 0 Å². The Bertz CT molecular complexity index is 1010. The topological polar surface area (TPSA) is 87.4 Å². The highest BCUT2D eigenvalue weighted by atomic mass is 16.3. The zero-order valence-electron chi connectivity index (χ0n) is 20.2. The third-order valence-electron chi connectivity index (χ3n) is 6.10. The molecular weight excluding hydrogens is 452 g/mol.